The van der Waals surface area contributed by atoms with Gasteiger partial charge >= 0.3 is 0 Å². The highest BCUT2D eigenvalue weighted by molar-refractivity contribution is 7.80. The Balaban J connectivity index is 1.72. The lowest BCUT2D eigenvalue weighted by Crippen LogP contribution is -2.37. The van der Waals surface area contributed by atoms with Gasteiger partial charge in [0.2, 0.25) is 0 Å². The zero-order valence-corrected chi connectivity index (χ0v) is 12.3. The van der Waals surface area contributed by atoms with Gasteiger partial charge in [0, 0.05) is 19.8 Å². The van der Waals surface area contributed by atoms with Gasteiger partial charge in [-0.2, -0.15) is 0 Å². The average molecular weight is 278 g/mol. The Morgan fingerprint density at radius 1 is 1.42 bits per heavy atom. The molecule has 0 aromatic heterocycles. The van der Waals surface area contributed by atoms with Gasteiger partial charge in [-0.05, 0) is 49.5 Å². The Labute approximate surface area is 120 Å². The molecule has 1 aromatic carbocycles. The van der Waals surface area contributed by atoms with Crippen LogP contribution in [0.2, 0.25) is 0 Å². The summed E-state index contributed by atoms with van der Waals surface area (Å²) in [6, 6.07) is 8.96. The maximum atomic E-state index is 5.33. The number of aryl methyl sites for hydroxylation is 1. The molecule has 4 heteroatoms. The van der Waals surface area contributed by atoms with E-state index in [-0.39, 0.29) is 0 Å². The normalized spacial score (nSPS) is 17.0. The topological polar surface area (TPSA) is 33.3 Å². The molecule has 0 spiro atoms. The molecule has 1 unspecified atom stereocenters. The van der Waals surface area contributed by atoms with Gasteiger partial charge in [-0.1, -0.05) is 24.3 Å². The first-order valence-electron chi connectivity index (χ1n) is 7.01. The highest BCUT2D eigenvalue weighted by atomic mass is 32.1. The highest BCUT2D eigenvalue weighted by Crippen LogP contribution is 2.30. The van der Waals surface area contributed by atoms with Crippen molar-refractivity contribution in [1.82, 2.24) is 10.6 Å². The summed E-state index contributed by atoms with van der Waals surface area (Å²) in [6.07, 6.45) is 3.25. The molecule has 2 rings (SSSR count). The molecule has 0 saturated carbocycles. The summed E-state index contributed by atoms with van der Waals surface area (Å²) in [5.41, 5.74) is 2.83. The smallest absolute Gasteiger partial charge is 0.166 e. The molecule has 0 aliphatic heterocycles. The van der Waals surface area contributed by atoms with Crippen LogP contribution >= 0.6 is 12.2 Å². The molecule has 1 aliphatic rings. The molecular formula is C15H22N2OS. The van der Waals surface area contributed by atoms with E-state index in [1.807, 2.05) is 6.92 Å². The Kier molecular flexibility index (Phi) is 5.61. The minimum absolute atomic E-state index is 0.364. The van der Waals surface area contributed by atoms with E-state index in [1.54, 1.807) is 0 Å². The summed E-state index contributed by atoms with van der Waals surface area (Å²) in [5, 5.41) is 7.39. The van der Waals surface area contributed by atoms with Crippen LogP contribution in [0.5, 0.6) is 0 Å². The summed E-state index contributed by atoms with van der Waals surface area (Å²) in [5.74, 6) is 0. The Morgan fingerprint density at radius 3 is 3.11 bits per heavy atom. The van der Waals surface area contributed by atoms with Gasteiger partial charge in [-0.3, -0.25) is 0 Å². The van der Waals surface area contributed by atoms with Crippen molar-refractivity contribution in [3.8, 4) is 0 Å². The van der Waals surface area contributed by atoms with E-state index in [9.17, 15) is 0 Å². The van der Waals surface area contributed by atoms with E-state index in [0.717, 1.165) is 44.1 Å². The standard InChI is InChI=1S/C15H22N2OS/c1-2-18-11-5-10-16-15(19)17-14-9-8-12-6-3-4-7-13(12)14/h3-4,6-7,14H,2,5,8-11H2,1H3,(H2,16,17,19). The first-order chi connectivity index (χ1) is 9.31. The lowest BCUT2D eigenvalue weighted by Gasteiger charge is -2.17. The van der Waals surface area contributed by atoms with E-state index >= 15 is 0 Å². The molecular weight excluding hydrogens is 256 g/mol. The van der Waals surface area contributed by atoms with Crippen molar-refractivity contribution in [3.63, 3.8) is 0 Å². The molecule has 19 heavy (non-hydrogen) atoms. The second kappa shape index (κ2) is 7.46. The third-order valence-corrected chi connectivity index (χ3v) is 3.66. The molecule has 0 heterocycles. The van der Waals surface area contributed by atoms with Crippen LogP contribution < -0.4 is 10.6 Å². The molecule has 0 bridgehead atoms. The third kappa shape index (κ3) is 4.18. The Bertz CT molecular complexity index is 422. The van der Waals surface area contributed by atoms with E-state index in [0.29, 0.717) is 6.04 Å². The second-order valence-electron chi connectivity index (χ2n) is 4.74. The number of hydrogen-bond acceptors (Lipinski definition) is 2. The molecule has 0 saturated heterocycles. The van der Waals surface area contributed by atoms with E-state index in [4.69, 9.17) is 17.0 Å². The van der Waals surface area contributed by atoms with Crippen molar-refractivity contribution in [2.75, 3.05) is 19.8 Å². The number of benzene rings is 1. The molecule has 0 fully saturated rings. The largest absolute Gasteiger partial charge is 0.382 e. The average Bonchev–Trinajstić information content (AvgIpc) is 2.82. The molecule has 1 atom stereocenters. The van der Waals surface area contributed by atoms with Gasteiger partial charge < -0.3 is 15.4 Å². The van der Waals surface area contributed by atoms with Crippen molar-refractivity contribution in [2.45, 2.75) is 32.2 Å². The van der Waals surface area contributed by atoms with Gasteiger partial charge in [0.05, 0.1) is 6.04 Å². The van der Waals surface area contributed by atoms with Crippen molar-refractivity contribution >= 4 is 17.3 Å². The van der Waals surface area contributed by atoms with Crippen LogP contribution in [0.3, 0.4) is 0 Å². The van der Waals surface area contributed by atoms with Gasteiger partial charge in [-0.15, -0.1) is 0 Å². The first-order valence-corrected chi connectivity index (χ1v) is 7.42. The van der Waals surface area contributed by atoms with E-state index in [2.05, 4.69) is 34.9 Å². The van der Waals surface area contributed by atoms with Crippen molar-refractivity contribution in [3.05, 3.63) is 35.4 Å². The summed E-state index contributed by atoms with van der Waals surface area (Å²) in [6.45, 7) is 4.44. The van der Waals surface area contributed by atoms with Crippen LogP contribution in [0.25, 0.3) is 0 Å². The SMILES string of the molecule is CCOCCCNC(=S)NC1CCc2ccccc21. The molecule has 0 amide bonds. The zero-order valence-electron chi connectivity index (χ0n) is 11.4. The maximum absolute atomic E-state index is 5.33. The monoisotopic (exact) mass is 278 g/mol. The van der Waals surface area contributed by atoms with Gasteiger partial charge in [0.25, 0.3) is 0 Å². The predicted molar refractivity (Wildman–Crippen MR) is 82.4 cm³/mol. The lowest BCUT2D eigenvalue weighted by atomic mass is 10.1. The minimum Gasteiger partial charge on any atom is -0.382 e. The molecule has 0 radical (unpaired) electrons. The molecule has 3 nitrogen and oxygen atoms in total. The van der Waals surface area contributed by atoms with E-state index in [1.165, 1.54) is 11.1 Å². The zero-order chi connectivity index (χ0) is 13.5. The van der Waals surface area contributed by atoms with Gasteiger partial charge in [0.15, 0.2) is 5.11 Å². The maximum Gasteiger partial charge on any atom is 0.166 e. The van der Waals surface area contributed by atoms with Crippen LogP contribution in [0, 0.1) is 0 Å². The quantitative estimate of drug-likeness (QED) is 0.619. The number of rotatable bonds is 6. The highest BCUT2D eigenvalue weighted by Gasteiger charge is 2.21. The minimum atomic E-state index is 0.364. The van der Waals surface area contributed by atoms with Gasteiger partial charge in [-0.25, -0.2) is 0 Å². The van der Waals surface area contributed by atoms with Crippen LogP contribution in [-0.2, 0) is 11.2 Å². The first kappa shape index (κ1) is 14.3. The number of ether oxygens (including phenoxy) is 1. The van der Waals surface area contributed by atoms with Crippen molar-refractivity contribution in [2.24, 2.45) is 0 Å². The Hall–Kier alpha value is -1.13. The fraction of sp³-hybridized carbons (Fsp3) is 0.533. The van der Waals surface area contributed by atoms with Crippen LogP contribution in [0.4, 0.5) is 0 Å². The van der Waals surface area contributed by atoms with Crippen LogP contribution in [0.1, 0.15) is 36.9 Å². The summed E-state index contributed by atoms with van der Waals surface area (Å²) >= 11 is 5.33. The number of thiocarbonyl (C=S) groups is 1. The number of nitrogens with one attached hydrogen (secondary N) is 2. The number of hydrogen-bond donors (Lipinski definition) is 2. The summed E-state index contributed by atoms with van der Waals surface area (Å²) < 4.78 is 5.29. The van der Waals surface area contributed by atoms with Crippen LogP contribution in [-0.4, -0.2) is 24.9 Å². The van der Waals surface area contributed by atoms with E-state index < -0.39 is 0 Å². The molecule has 1 aliphatic carbocycles. The predicted octanol–water partition coefficient (Wildman–Crippen LogP) is 2.56. The fourth-order valence-electron chi connectivity index (χ4n) is 2.44. The third-order valence-electron chi connectivity index (χ3n) is 3.39. The molecule has 2 N–H and O–H groups in total. The summed E-state index contributed by atoms with van der Waals surface area (Å²) in [4.78, 5) is 0. The van der Waals surface area contributed by atoms with Crippen molar-refractivity contribution < 1.29 is 4.74 Å². The molecule has 104 valence electrons. The number of fused-ring (bicyclic) bond motifs is 1. The Morgan fingerprint density at radius 2 is 2.26 bits per heavy atom. The van der Waals surface area contributed by atoms with Crippen LogP contribution in [0.15, 0.2) is 24.3 Å². The molecule has 1 aromatic rings. The van der Waals surface area contributed by atoms with Crippen molar-refractivity contribution in [1.29, 1.82) is 0 Å². The fourth-order valence-corrected chi connectivity index (χ4v) is 2.68. The lowest BCUT2D eigenvalue weighted by molar-refractivity contribution is 0.145. The second-order valence-corrected chi connectivity index (χ2v) is 5.15. The van der Waals surface area contributed by atoms with Gasteiger partial charge in [0.1, 0.15) is 0 Å². The summed E-state index contributed by atoms with van der Waals surface area (Å²) in [7, 11) is 0.